The van der Waals surface area contributed by atoms with E-state index in [0.717, 1.165) is 5.56 Å². The van der Waals surface area contributed by atoms with Crippen molar-refractivity contribution in [2.24, 2.45) is 5.73 Å². The molecule has 0 aliphatic rings. The topological polar surface area (TPSA) is 44.5 Å². The lowest BCUT2D eigenvalue weighted by molar-refractivity contribution is -0.325. The normalized spacial score (nSPS) is 11.7. The van der Waals surface area contributed by atoms with E-state index in [-0.39, 0.29) is 6.61 Å². The van der Waals surface area contributed by atoms with Crippen molar-refractivity contribution >= 4 is 31.9 Å². The fraction of sp³-hybridized carbons (Fsp3) is 0.400. The summed E-state index contributed by atoms with van der Waals surface area (Å²) in [7, 11) is 0. The third kappa shape index (κ3) is 5.13. The highest BCUT2D eigenvalue weighted by Gasteiger charge is 2.28. The number of halogens is 5. The molecule has 1 aromatic rings. The molecule has 0 bridgehead atoms. The summed E-state index contributed by atoms with van der Waals surface area (Å²) in [5, 5.41) is 0. The van der Waals surface area contributed by atoms with Gasteiger partial charge in [0, 0.05) is 6.54 Å². The van der Waals surface area contributed by atoms with Crippen LogP contribution in [0.15, 0.2) is 21.1 Å². The smallest absolute Gasteiger partial charge is 0.489 e. The molecule has 0 saturated heterocycles. The minimum atomic E-state index is -4.64. The summed E-state index contributed by atoms with van der Waals surface area (Å²) < 4.78 is 45.2. The van der Waals surface area contributed by atoms with Crippen molar-refractivity contribution in [3.63, 3.8) is 0 Å². The number of alkyl halides is 3. The van der Waals surface area contributed by atoms with Crippen molar-refractivity contribution in [2.45, 2.75) is 12.9 Å². The summed E-state index contributed by atoms with van der Waals surface area (Å²) in [5.74, 6) is 0.415. The van der Waals surface area contributed by atoms with Crippen LogP contribution in [0.25, 0.3) is 0 Å². The van der Waals surface area contributed by atoms with Gasteiger partial charge < -0.3 is 10.5 Å². The summed E-state index contributed by atoms with van der Waals surface area (Å²) in [6, 6.07) is 3.48. The molecule has 0 amide bonds. The fourth-order valence-electron chi connectivity index (χ4n) is 1.17. The molecule has 0 unspecified atom stereocenters. The Morgan fingerprint density at radius 2 is 1.67 bits per heavy atom. The SMILES string of the molecule is NCc1cc(Br)c(OCCOC(F)(F)F)c(Br)c1. The first-order chi connectivity index (χ1) is 8.33. The molecule has 2 N–H and O–H groups in total. The Balaban J connectivity index is 2.57. The Bertz CT molecular complexity index is 390. The lowest BCUT2D eigenvalue weighted by Gasteiger charge is -2.12. The molecule has 102 valence electrons. The highest BCUT2D eigenvalue weighted by atomic mass is 79.9. The number of hydrogen-bond acceptors (Lipinski definition) is 3. The van der Waals surface area contributed by atoms with Gasteiger partial charge in [-0.05, 0) is 49.6 Å². The van der Waals surface area contributed by atoms with Gasteiger partial charge in [-0.1, -0.05) is 0 Å². The summed E-state index contributed by atoms with van der Waals surface area (Å²) in [5.41, 5.74) is 6.35. The number of hydrogen-bond donors (Lipinski definition) is 1. The predicted octanol–water partition coefficient (Wildman–Crippen LogP) is 3.59. The van der Waals surface area contributed by atoms with Gasteiger partial charge in [0.1, 0.15) is 12.4 Å². The van der Waals surface area contributed by atoms with Crippen molar-refractivity contribution in [1.29, 1.82) is 0 Å². The van der Waals surface area contributed by atoms with E-state index in [1.54, 1.807) is 12.1 Å². The lowest BCUT2D eigenvalue weighted by Crippen LogP contribution is -2.18. The van der Waals surface area contributed by atoms with Crippen LogP contribution < -0.4 is 10.5 Å². The molecule has 0 fully saturated rings. The first kappa shape index (κ1) is 15.7. The van der Waals surface area contributed by atoms with Gasteiger partial charge in [-0.3, -0.25) is 4.74 Å². The molecule has 1 rings (SSSR count). The zero-order valence-electron chi connectivity index (χ0n) is 9.06. The molecule has 0 aromatic heterocycles. The van der Waals surface area contributed by atoms with E-state index < -0.39 is 13.0 Å². The molecule has 0 aliphatic heterocycles. The van der Waals surface area contributed by atoms with Crippen molar-refractivity contribution in [3.8, 4) is 5.75 Å². The van der Waals surface area contributed by atoms with E-state index in [1.807, 2.05) is 0 Å². The Morgan fingerprint density at radius 1 is 1.11 bits per heavy atom. The van der Waals surface area contributed by atoms with E-state index in [4.69, 9.17) is 10.5 Å². The first-order valence-corrected chi connectivity index (χ1v) is 6.43. The van der Waals surface area contributed by atoms with Crippen LogP contribution in [-0.2, 0) is 11.3 Å². The first-order valence-electron chi connectivity index (χ1n) is 4.85. The van der Waals surface area contributed by atoms with Crippen LogP contribution in [0.2, 0.25) is 0 Å². The van der Waals surface area contributed by atoms with Gasteiger partial charge in [0.05, 0.1) is 15.6 Å². The monoisotopic (exact) mass is 391 g/mol. The van der Waals surface area contributed by atoms with E-state index in [1.165, 1.54) is 0 Å². The summed E-state index contributed by atoms with van der Waals surface area (Å²) in [6.45, 7) is -0.422. The van der Waals surface area contributed by atoms with Crippen molar-refractivity contribution in [2.75, 3.05) is 13.2 Å². The van der Waals surface area contributed by atoms with Gasteiger partial charge in [0.25, 0.3) is 0 Å². The van der Waals surface area contributed by atoms with Crippen LogP contribution in [0.3, 0.4) is 0 Å². The molecule has 1 aromatic carbocycles. The summed E-state index contributed by atoms with van der Waals surface area (Å²) >= 11 is 6.51. The Hall–Kier alpha value is -0.310. The molecular formula is C10H10Br2F3NO2. The van der Waals surface area contributed by atoms with Crippen molar-refractivity contribution in [3.05, 3.63) is 26.6 Å². The molecule has 0 radical (unpaired) electrons. The van der Waals surface area contributed by atoms with Gasteiger partial charge in [-0.2, -0.15) is 0 Å². The quantitative estimate of drug-likeness (QED) is 0.779. The molecule has 8 heteroatoms. The maximum Gasteiger partial charge on any atom is 0.522 e. The highest BCUT2D eigenvalue weighted by molar-refractivity contribution is 9.11. The minimum absolute atomic E-state index is 0.210. The standard InChI is InChI=1S/C10H10Br2F3NO2/c11-7-3-6(5-16)4-8(12)9(7)17-1-2-18-10(13,14)15/h3-4H,1-2,5,16H2. The Labute approximate surface area is 119 Å². The zero-order chi connectivity index (χ0) is 13.8. The van der Waals surface area contributed by atoms with Gasteiger partial charge in [-0.15, -0.1) is 13.2 Å². The third-order valence-electron chi connectivity index (χ3n) is 1.89. The van der Waals surface area contributed by atoms with Gasteiger partial charge >= 0.3 is 6.36 Å². The molecular weight excluding hydrogens is 383 g/mol. The maximum absolute atomic E-state index is 11.7. The second-order valence-corrected chi connectivity index (χ2v) is 4.94. The average Bonchev–Trinajstić information content (AvgIpc) is 2.25. The van der Waals surface area contributed by atoms with Crippen LogP contribution in [0.4, 0.5) is 13.2 Å². The van der Waals surface area contributed by atoms with E-state index in [2.05, 4.69) is 36.6 Å². The van der Waals surface area contributed by atoms with Crippen molar-refractivity contribution in [1.82, 2.24) is 0 Å². The lowest BCUT2D eigenvalue weighted by atomic mass is 10.2. The van der Waals surface area contributed by atoms with E-state index in [9.17, 15) is 13.2 Å². The Kier molecular flexibility index (Phi) is 5.90. The van der Waals surface area contributed by atoms with Gasteiger partial charge in [0.2, 0.25) is 0 Å². The van der Waals surface area contributed by atoms with Crippen LogP contribution >= 0.6 is 31.9 Å². The Morgan fingerprint density at radius 3 is 2.11 bits per heavy atom. The van der Waals surface area contributed by atoms with Crippen LogP contribution in [-0.4, -0.2) is 19.6 Å². The predicted molar refractivity (Wildman–Crippen MR) is 67.2 cm³/mol. The zero-order valence-corrected chi connectivity index (χ0v) is 12.2. The largest absolute Gasteiger partial charge is 0.522 e. The molecule has 0 heterocycles. The minimum Gasteiger partial charge on any atom is -0.489 e. The molecule has 0 atom stereocenters. The van der Waals surface area contributed by atoms with E-state index in [0.29, 0.717) is 21.2 Å². The highest BCUT2D eigenvalue weighted by Crippen LogP contribution is 2.34. The van der Waals surface area contributed by atoms with Crippen molar-refractivity contribution < 1.29 is 22.6 Å². The number of benzene rings is 1. The second kappa shape index (κ2) is 6.74. The van der Waals surface area contributed by atoms with Gasteiger partial charge in [0.15, 0.2) is 0 Å². The average molecular weight is 393 g/mol. The summed E-state index contributed by atoms with van der Waals surface area (Å²) in [6.07, 6.45) is -4.64. The number of rotatable bonds is 5. The number of nitrogens with two attached hydrogens (primary N) is 1. The maximum atomic E-state index is 11.7. The molecule has 18 heavy (non-hydrogen) atoms. The van der Waals surface area contributed by atoms with Crippen LogP contribution in [0, 0.1) is 0 Å². The second-order valence-electron chi connectivity index (χ2n) is 3.24. The van der Waals surface area contributed by atoms with Gasteiger partial charge in [-0.25, -0.2) is 0 Å². The molecule has 3 nitrogen and oxygen atoms in total. The summed E-state index contributed by atoms with van der Waals surface area (Å²) in [4.78, 5) is 0. The molecule has 0 spiro atoms. The number of ether oxygens (including phenoxy) is 2. The van der Waals surface area contributed by atoms with E-state index >= 15 is 0 Å². The van der Waals surface area contributed by atoms with Crippen LogP contribution in [0.5, 0.6) is 5.75 Å². The molecule has 0 aliphatic carbocycles. The van der Waals surface area contributed by atoms with Crippen LogP contribution in [0.1, 0.15) is 5.56 Å². The third-order valence-corrected chi connectivity index (χ3v) is 3.07. The molecule has 0 saturated carbocycles. The fourth-order valence-corrected chi connectivity index (χ4v) is 2.68.